The Kier molecular flexibility index (Phi) is 8.50. The molecule has 0 spiro atoms. The number of hydrogen-bond acceptors (Lipinski definition) is 4. The van der Waals surface area contributed by atoms with Crippen molar-refractivity contribution in [1.82, 2.24) is 10.2 Å². The summed E-state index contributed by atoms with van der Waals surface area (Å²) in [7, 11) is 0. The summed E-state index contributed by atoms with van der Waals surface area (Å²) in [6, 6.07) is 12.8. The average molecular weight is 438 g/mol. The zero-order chi connectivity index (χ0) is 22.9. The van der Waals surface area contributed by atoms with Gasteiger partial charge in [0.2, 0.25) is 0 Å². The van der Waals surface area contributed by atoms with E-state index in [1.165, 1.54) is 0 Å². The number of nitrogens with zero attached hydrogens (tertiary/aromatic N) is 2. The lowest BCUT2D eigenvalue weighted by molar-refractivity contribution is 0.0949. The minimum atomic E-state index is -0.337. The molecule has 3 amide bonds. The SMILES string of the molecule is CCN(CC)CCNC(=O)c1cc(NC(=O)Nc2ccc(C)cc2)ccc1N1CCCC1. The first kappa shape index (κ1) is 23.6. The fraction of sp³-hybridized carbons (Fsp3) is 0.440. The number of hydrogen-bond donors (Lipinski definition) is 3. The number of anilines is 3. The monoisotopic (exact) mass is 437 g/mol. The molecule has 2 aromatic carbocycles. The van der Waals surface area contributed by atoms with Crippen molar-refractivity contribution >= 4 is 29.0 Å². The minimum absolute atomic E-state index is 0.110. The van der Waals surface area contributed by atoms with Crippen molar-refractivity contribution in [3.05, 3.63) is 53.6 Å². The fourth-order valence-electron chi connectivity index (χ4n) is 3.92. The average Bonchev–Trinajstić information content (AvgIpc) is 3.33. The first-order valence-electron chi connectivity index (χ1n) is 11.5. The minimum Gasteiger partial charge on any atom is -0.371 e. The maximum absolute atomic E-state index is 13.1. The lowest BCUT2D eigenvalue weighted by Gasteiger charge is -2.23. The molecular formula is C25H35N5O2. The van der Waals surface area contributed by atoms with Crippen LogP contribution < -0.4 is 20.9 Å². The van der Waals surface area contributed by atoms with Crippen LogP contribution in [0.2, 0.25) is 0 Å². The summed E-state index contributed by atoms with van der Waals surface area (Å²) in [5.74, 6) is -0.110. The van der Waals surface area contributed by atoms with Gasteiger partial charge in [-0.25, -0.2) is 4.79 Å². The first-order chi connectivity index (χ1) is 15.5. The molecule has 2 aromatic rings. The Bertz CT molecular complexity index is 903. The van der Waals surface area contributed by atoms with Gasteiger partial charge in [-0.05, 0) is 63.2 Å². The van der Waals surface area contributed by atoms with Gasteiger partial charge in [0.15, 0.2) is 0 Å². The number of carbonyl (C=O) groups is 2. The van der Waals surface area contributed by atoms with Gasteiger partial charge in [-0.1, -0.05) is 31.5 Å². The molecule has 0 unspecified atom stereocenters. The number of amides is 3. The van der Waals surface area contributed by atoms with Gasteiger partial charge in [-0.15, -0.1) is 0 Å². The second-order valence-corrected chi connectivity index (χ2v) is 8.15. The van der Waals surface area contributed by atoms with Gasteiger partial charge in [0, 0.05) is 43.2 Å². The summed E-state index contributed by atoms with van der Waals surface area (Å²) in [6.07, 6.45) is 2.25. The highest BCUT2D eigenvalue weighted by molar-refractivity contribution is 6.04. The van der Waals surface area contributed by atoms with Gasteiger partial charge in [0.25, 0.3) is 5.91 Å². The second kappa shape index (κ2) is 11.5. The molecule has 7 nitrogen and oxygen atoms in total. The van der Waals surface area contributed by atoms with Crippen LogP contribution in [0.3, 0.4) is 0 Å². The Morgan fingerprint density at radius 3 is 2.22 bits per heavy atom. The first-order valence-corrected chi connectivity index (χ1v) is 11.5. The van der Waals surface area contributed by atoms with Crippen LogP contribution >= 0.6 is 0 Å². The van der Waals surface area contributed by atoms with Crippen LogP contribution in [-0.4, -0.2) is 56.1 Å². The van der Waals surface area contributed by atoms with Gasteiger partial charge < -0.3 is 25.8 Å². The van der Waals surface area contributed by atoms with Crippen LogP contribution in [0.4, 0.5) is 21.9 Å². The topological polar surface area (TPSA) is 76.7 Å². The molecule has 1 aliphatic heterocycles. The summed E-state index contributed by atoms with van der Waals surface area (Å²) in [6.45, 7) is 11.4. The largest absolute Gasteiger partial charge is 0.371 e. The maximum atomic E-state index is 13.1. The Hall–Kier alpha value is -3.06. The van der Waals surface area contributed by atoms with Gasteiger partial charge in [-0.3, -0.25) is 4.79 Å². The summed E-state index contributed by atoms with van der Waals surface area (Å²) in [5, 5.41) is 8.73. The van der Waals surface area contributed by atoms with Crippen LogP contribution in [0.5, 0.6) is 0 Å². The molecule has 1 fully saturated rings. The van der Waals surface area contributed by atoms with Crippen molar-refractivity contribution < 1.29 is 9.59 Å². The lowest BCUT2D eigenvalue weighted by atomic mass is 10.1. The Labute approximate surface area is 191 Å². The molecule has 0 atom stereocenters. The molecule has 1 aliphatic rings. The number of carbonyl (C=O) groups excluding carboxylic acids is 2. The second-order valence-electron chi connectivity index (χ2n) is 8.15. The van der Waals surface area contributed by atoms with Crippen molar-refractivity contribution in [1.29, 1.82) is 0 Å². The highest BCUT2D eigenvalue weighted by atomic mass is 16.2. The molecule has 7 heteroatoms. The van der Waals surface area contributed by atoms with E-state index in [1.54, 1.807) is 6.07 Å². The van der Waals surface area contributed by atoms with Crippen molar-refractivity contribution in [2.75, 3.05) is 54.8 Å². The van der Waals surface area contributed by atoms with E-state index in [0.717, 1.165) is 62.5 Å². The Morgan fingerprint density at radius 2 is 1.56 bits per heavy atom. The van der Waals surface area contributed by atoms with Gasteiger partial charge in [0.1, 0.15) is 0 Å². The van der Waals surface area contributed by atoms with Crippen LogP contribution in [0, 0.1) is 6.92 Å². The van der Waals surface area contributed by atoms with E-state index in [2.05, 4.69) is 39.6 Å². The number of urea groups is 1. The van der Waals surface area contributed by atoms with Crippen LogP contribution in [0.1, 0.15) is 42.6 Å². The molecule has 1 heterocycles. The van der Waals surface area contributed by atoms with Crippen molar-refractivity contribution in [3.63, 3.8) is 0 Å². The van der Waals surface area contributed by atoms with Crippen LogP contribution in [-0.2, 0) is 0 Å². The highest BCUT2D eigenvalue weighted by Gasteiger charge is 2.20. The summed E-state index contributed by atoms with van der Waals surface area (Å²) >= 11 is 0. The normalized spacial score (nSPS) is 13.3. The van der Waals surface area contributed by atoms with E-state index in [1.807, 2.05) is 43.3 Å². The smallest absolute Gasteiger partial charge is 0.323 e. The van der Waals surface area contributed by atoms with Crippen molar-refractivity contribution in [3.8, 4) is 0 Å². The zero-order valence-electron chi connectivity index (χ0n) is 19.4. The zero-order valence-corrected chi connectivity index (χ0v) is 19.4. The Balaban J connectivity index is 1.71. The molecule has 0 radical (unpaired) electrons. The number of likely N-dealkylation sites (N-methyl/N-ethyl adjacent to an activating group) is 1. The van der Waals surface area contributed by atoms with Gasteiger partial charge in [-0.2, -0.15) is 0 Å². The number of rotatable bonds is 9. The van der Waals surface area contributed by atoms with Gasteiger partial charge >= 0.3 is 6.03 Å². The molecule has 0 aromatic heterocycles. The molecule has 0 bridgehead atoms. The Morgan fingerprint density at radius 1 is 0.938 bits per heavy atom. The van der Waals surface area contributed by atoms with E-state index in [4.69, 9.17) is 0 Å². The third-order valence-corrected chi connectivity index (χ3v) is 5.86. The molecule has 32 heavy (non-hydrogen) atoms. The van der Waals surface area contributed by atoms with Crippen LogP contribution in [0.15, 0.2) is 42.5 Å². The summed E-state index contributed by atoms with van der Waals surface area (Å²) < 4.78 is 0. The molecular weight excluding hydrogens is 402 g/mol. The number of aryl methyl sites for hydroxylation is 1. The van der Waals surface area contributed by atoms with E-state index in [9.17, 15) is 9.59 Å². The molecule has 172 valence electrons. The lowest BCUT2D eigenvalue weighted by Crippen LogP contribution is -2.35. The molecule has 3 rings (SSSR count). The van der Waals surface area contributed by atoms with E-state index < -0.39 is 0 Å². The van der Waals surface area contributed by atoms with Crippen molar-refractivity contribution in [2.24, 2.45) is 0 Å². The van der Waals surface area contributed by atoms with Crippen molar-refractivity contribution in [2.45, 2.75) is 33.6 Å². The van der Waals surface area contributed by atoms with Crippen LogP contribution in [0.25, 0.3) is 0 Å². The predicted octanol–water partition coefficient (Wildman–Crippen LogP) is 4.31. The van der Waals surface area contributed by atoms with E-state index in [-0.39, 0.29) is 11.9 Å². The third kappa shape index (κ3) is 6.47. The molecule has 1 saturated heterocycles. The van der Waals surface area contributed by atoms with E-state index >= 15 is 0 Å². The summed E-state index contributed by atoms with van der Waals surface area (Å²) in [5.41, 5.74) is 3.96. The standard InChI is InChI=1S/C25H35N5O2/c1-4-29(5-2)17-14-26-24(31)22-18-21(12-13-23(22)30-15-6-7-16-30)28-25(32)27-20-10-8-19(3)9-11-20/h8-13,18H,4-7,14-17H2,1-3H3,(H,26,31)(H2,27,28,32). The quantitative estimate of drug-likeness (QED) is 0.546. The highest BCUT2D eigenvalue weighted by Crippen LogP contribution is 2.27. The number of benzene rings is 2. The van der Waals surface area contributed by atoms with E-state index in [0.29, 0.717) is 17.8 Å². The number of nitrogens with one attached hydrogen (secondary N) is 3. The molecule has 0 saturated carbocycles. The maximum Gasteiger partial charge on any atom is 0.323 e. The predicted molar refractivity (Wildman–Crippen MR) is 132 cm³/mol. The molecule has 0 aliphatic carbocycles. The summed E-state index contributed by atoms with van der Waals surface area (Å²) in [4.78, 5) is 30.0. The third-order valence-electron chi connectivity index (χ3n) is 5.86. The van der Waals surface area contributed by atoms with Gasteiger partial charge in [0.05, 0.1) is 5.56 Å². The molecule has 3 N–H and O–H groups in total. The fourth-order valence-corrected chi connectivity index (χ4v) is 3.92.